The van der Waals surface area contributed by atoms with Gasteiger partial charge in [-0.25, -0.2) is 9.18 Å². The van der Waals surface area contributed by atoms with Gasteiger partial charge in [0.15, 0.2) is 0 Å². The molecule has 23 heavy (non-hydrogen) atoms. The second-order valence-electron chi connectivity index (χ2n) is 5.53. The highest BCUT2D eigenvalue weighted by Gasteiger charge is 2.33. The van der Waals surface area contributed by atoms with E-state index in [0.29, 0.717) is 4.88 Å². The van der Waals surface area contributed by atoms with Gasteiger partial charge in [-0.2, -0.15) is 0 Å². The smallest absolute Gasteiger partial charge is 0.329 e. The monoisotopic (exact) mass is 335 g/mol. The Bertz CT molecular complexity index is 739. The van der Waals surface area contributed by atoms with Gasteiger partial charge in [0.1, 0.15) is 11.4 Å². The summed E-state index contributed by atoms with van der Waals surface area (Å²) in [5, 5.41) is 11.8. The molecule has 1 aromatic heterocycles. The highest BCUT2D eigenvalue weighted by atomic mass is 32.1. The molecule has 0 bridgehead atoms. The molecule has 2 N–H and O–H groups in total. The van der Waals surface area contributed by atoms with E-state index in [0.717, 1.165) is 16.0 Å². The van der Waals surface area contributed by atoms with E-state index in [2.05, 4.69) is 5.32 Å². The number of hydrogen-bond donors (Lipinski definition) is 2. The van der Waals surface area contributed by atoms with Crippen molar-refractivity contribution in [1.82, 2.24) is 5.32 Å². The Morgan fingerprint density at radius 2 is 1.91 bits per heavy atom. The zero-order chi connectivity index (χ0) is 17.2. The van der Waals surface area contributed by atoms with Crippen LogP contribution in [0, 0.1) is 12.7 Å². The Kier molecular flexibility index (Phi) is 4.85. The number of carbonyl (C=O) groups is 2. The Balaban J connectivity index is 2.28. The van der Waals surface area contributed by atoms with Gasteiger partial charge >= 0.3 is 5.97 Å². The van der Waals surface area contributed by atoms with E-state index in [4.69, 9.17) is 0 Å². The van der Waals surface area contributed by atoms with Crippen molar-refractivity contribution in [2.45, 2.75) is 32.7 Å². The van der Waals surface area contributed by atoms with Crippen molar-refractivity contribution in [2.75, 3.05) is 0 Å². The van der Waals surface area contributed by atoms with Crippen molar-refractivity contribution in [3.05, 3.63) is 45.9 Å². The van der Waals surface area contributed by atoms with Gasteiger partial charge in [-0.3, -0.25) is 4.79 Å². The van der Waals surface area contributed by atoms with Crippen molar-refractivity contribution in [3.8, 4) is 11.1 Å². The summed E-state index contributed by atoms with van der Waals surface area (Å²) in [5.74, 6) is -1.81. The van der Waals surface area contributed by atoms with Crippen LogP contribution in [0.1, 0.15) is 34.8 Å². The van der Waals surface area contributed by atoms with Gasteiger partial charge in [-0.1, -0.05) is 19.1 Å². The summed E-state index contributed by atoms with van der Waals surface area (Å²) < 4.78 is 13.0. The van der Waals surface area contributed by atoms with Gasteiger partial charge in [0.2, 0.25) is 0 Å². The first-order valence-electron chi connectivity index (χ1n) is 7.19. The van der Waals surface area contributed by atoms with E-state index in [1.807, 2.05) is 6.92 Å². The number of benzene rings is 1. The van der Waals surface area contributed by atoms with Crippen LogP contribution in [0.3, 0.4) is 0 Å². The molecule has 1 unspecified atom stereocenters. The summed E-state index contributed by atoms with van der Waals surface area (Å²) in [5.41, 5.74) is 0.356. The number of hydrogen-bond acceptors (Lipinski definition) is 3. The summed E-state index contributed by atoms with van der Waals surface area (Å²) in [6, 6.07) is 7.75. The summed E-state index contributed by atoms with van der Waals surface area (Å²) in [6.07, 6.45) is 0.281. The molecule has 0 saturated heterocycles. The van der Waals surface area contributed by atoms with Gasteiger partial charge in [-0.15, -0.1) is 11.3 Å². The second-order valence-corrected chi connectivity index (χ2v) is 6.79. The van der Waals surface area contributed by atoms with Crippen LogP contribution < -0.4 is 5.32 Å². The number of aryl methyl sites for hydroxylation is 1. The van der Waals surface area contributed by atoms with E-state index < -0.39 is 17.4 Å². The maximum absolute atomic E-state index is 13.0. The van der Waals surface area contributed by atoms with Gasteiger partial charge in [0, 0.05) is 4.88 Å². The molecule has 0 fully saturated rings. The van der Waals surface area contributed by atoms with Gasteiger partial charge in [-0.05, 0) is 49.6 Å². The number of carboxylic acids is 1. The molecule has 1 aromatic carbocycles. The van der Waals surface area contributed by atoms with Crippen molar-refractivity contribution < 1.29 is 19.1 Å². The van der Waals surface area contributed by atoms with Crippen LogP contribution in [0.2, 0.25) is 0 Å². The molecule has 1 atom stereocenters. The van der Waals surface area contributed by atoms with E-state index >= 15 is 0 Å². The number of nitrogens with one attached hydrogen (secondary N) is 1. The minimum Gasteiger partial charge on any atom is -0.480 e. The lowest BCUT2D eigenvalue weighted by molar-refractivity contribution is -0.143. The fourth-order valence-electron chi connectivity index (χ4n) is 2.12. The maximum Gasteiger partial charge on any atom is 0.329 e. The van der Waals surface area contributed by atoms with Gasteiger partial charge < -0.3 is 10.4 Å². The predicted molar refractivity (Wildman–Crippen MR) is 88.2 cm³/mol. The Labute approximate surface area is 138 Å². The molecular formula is C17H18FNO3S. The number of carbonyl (C=O) groups excluding carboxylic acids is 1. The standard InChI is InChI=1S/C17H18FNO3S/c1-4-17(3,16(21)22)19-15(20)14-9-13(10(2)23-14)11-5-7-12(18)8-6-11/h5-9H,4H2,1-3H3,(H,19,20)(H,21,22). The molecule has 0 aliphatic heterocycles. The van der Waals surface area contributed by atoms with Crippen LogP contribution in [0.5, 0.6) is 0 Å². The first-order valence-corrected chi connectivity index (χ1v) is 8.00. The molecule has 0 aliphatic rings. The van der Waals surface area contributed by atoms with Crippen molar-refractivity contribution in [2.24, 2.45) is 0 Å². The largest absolute Gasteiger partial charge is 0.480 e. The topological polar surface area (TPSA) is 66.4 Å². The van der Waals surface area contributed by atoms with E-state index in [-0.39, 0.29) is 12.2 Å². The van der Waals surface area contributed by atoms with E-state index in [9.17, 15) is 19.1 Å². The van der Waals surface area contributed by atoms with Gasteiger partial charge in [0.05, 0.1) is 4.88 Å². The fourth-order valence-corrected chi connectivity index (χ4v) is 3.05. The number of thiophene rings is 1. The van der Waals surface area contributed by atoms with Crippen LogP contribution in [0.15, 0.2) is 30.3 Å². The molecule has 6 heteroatoms. The van der Waals surface area contributed by atoms with Crippen LogP contribution in [0.4, 0.5) is 4.39 Å². The zero-order valence-corrected chi connectivity index (χ0v) is 14.0. The predicted octanol–water partition coefficient (Wildman–Crippen LogP) is 3.85. The lowest BCUT2D eigenvalue weighted by atomic mass is 9.99. The normalized spacial score (nSPS) is 13.4. The number of rotatable bonds is 5. The summed E-state index contributed by atoms with van der Waals surface area (Å²) in [7, 11) is 0. The molecule has 2 rings (SSSR count). The van der Waals surface area contributed by atoms with Crippen LogP contribution in [-0.2, 0) is 4.79 Å². The summed E-state index contributed by atoms with van der Waals surface area (Å²) in [6.45, 7) is 5.06. The maximum atomic E-state index is 13.0. The summed E-state index contributed by atoms with van der Waals surface area (Å²) >= 11 is 1.29. The van der Waals surface area contributed by atoms with Crippen LogP contribution >= 0.6 is 11.3 Å². The number of halogens is 1. The highest BCUT2D eigenvalue weighted by Crippen LogP contribution is 2.31. The summed E-state index contributed by atoms with van der Waals surface area (Å²) in [4.78, 5) is 25.0. The van der Waals surface area contributed by atoms with Gasteiger partial charge in [0.25, 0.3) is 5.91 Å². The molecule has 122 valence electrons. The lowest BCUT2D eigenvalue weighted by Gasteiger charge is -2.24. The number of carboxylic acid groups (broad SMARTS) is 1. The Hall–Kier alpha value is -2.21. The fraction of sp³-hybridized carbons (Fsp3) is 0.294. The third-order valence-corrected chi connectivity index (χ3v) is 4.91. The Morgan fingerprint density at radius 1 is 1.30 bits per heavy atom. The molecule has 0 radical (unpaired) electrons. The molecule has 0 aliphatic carbocycles. The quantitative estimate of drug-likeness (QED) is 0.872. The SMILES string of the molecule is CCC(C)(NC(=O)c1cc(-c2ccc(F)cc2)c(C)s1)C(=O)O. The average Bonchev–Trinajstić information content (AvgIpc) is 2.90. The minimum absolute atomic E-state index is 0.281. The first-order chi connectivity index (χ1) is 10.8. The van der Waals surface area contributed by atoms with E-state index in [1.54, 1.807) is 25.1 Å². The first kappa shape index (κ1) is 17.1. The Morgan fingerprint density at radius 3 is 2.43 bits per heavy atom. The van der Waals surface area contributed by atoms with Crippen LogP contribution in [-0.4, -0.2) is 22.5 Å². The molecule has 1 amide bonds. The zero-order valence-electron chi connectivity index (χ0n) is 13.1. The second kappa shape index (κ2) is 6.50. The van der Waals surface area contributed by atoms with E-state index in [1.165, 1.54) is 30.4 Å². The molecule has 1 heterocycles. The highest BCUT2D eigenvalue weighted by molar-refractivity contribution is 7.14. The van der Waals surface area contributed by atoms with Crippen LogP contribution in [0.25, 0.3) is 11.1 Å². The lowest BCUT2D eigenvalue weighted by Crippen LogP contribution is -2.51. The van der Waals surface area contributed by atoms with Crippen molar-refractivity contribution >= 4 is 23.2 Å². The third kappa shape index (κ3) is 3.59. The molecular weight excluding hydrogens is 317 g/mol. The number of amides is 1. The molecule has 2 aromatic rings. The molecule has 0 saturated carbocycles. The molecule has 0 spiro atoms. The minimum atomic E-state index is -1.30. The molecule has 4 nitrogen and oxygen atoms in total. The average molecular weight is 335 g/mol. The third-order valence-electron chi connectivity index (χ3n) is 3.87. The van der Waals surface area contributed by atoms with Crippen molar-refractivity contribution in [1.29, 1.82) is 0 Å². The van der Waals surface area contributed by atoms with Crippen molar-refractivity contribution in [3.63, 3.8) is 0 Å². The number of aliphatic carboxylic acids is 1.